The molecule has 1 saturated heterocycles. The van der Waals surface area contributed by atoms with E-state index in [9.17, 15) is 5.11 Å². The van der Waals surface area contributed by atoms with Crippen LogP contribution in [0.2, 0.25) is 0 Å². The third-order valence-corrected chi connectivity index (χ3v) is 4.72. The maximum Gasteiger partial charge on any atom is 0.0772 e. The summed E-state index contributed by atoms with van der Waals surface area (Å²) >= 11 is 3.56. The van der Waals surface area contributed by atoms with Gasteiger partial charge in [0.15, 0.2) is 0 Å². The molecule has 1 aromatic carbocycles. The predicted molar refractivity (Wildman–Crippen MR) is 92.0 cm³/mol. The average molecular weight is 356 g/mol. The molecule has 0 saturated carbocycles. The van der Waals surface area contributed by atoms with Crippen molar-refractivity contribution in [2.24, 2.45) is 0 Å². The summed E-state index contributed by atoms with van der Waals surface area (Å²) in [7, 11) is 4.25. The molecule has 0 unspecified atom stereocenters. The SMILES string of the molecule is C[C@H](O)c1ccc(N2CCN(CCN(C)C)CC2)cc1Br. The van der Waals surface area contributed by atoms with Gasteiger partial charge in [0.2, 0.25) is 0 Å². The molecule has 1 heterocycles. The molecule has 1 aliphatic heterocycles. The molecule has 0 amide bonds. The minimum atomic E-state index is -0.434. The molecule has 2 rings (SSSR count). The van der Waals surface area contributed by atoms with E-state index in [1.807, 2.05) is 6.07 Å². The van der Waals surface area contributed by atoms with Crippen LogP contribution in [-0.2, 0) is 0 Å². The standard InChI is InChI=1S/C16H26BrN3O/c1-13(21)15-5-4-14(12-16(15)17)20-10-8-19(9-11-20)7-6-18(2)3/h4-5,12-13,21H,6-11H2,1-3H3/t13-/m0/s1. The van der Waals surface area contributed by atoms with Gasteiger partial charge in [0, 0.05) is 49.4 Å². The Kier molecular flexibility index (Phi) is 6.05. The van der Waals surface area contributed by atoms with E-state index in [1.165, 1.54) is 5.69 Å². The number of anilines is 1. The van der Waals surface area contributed by atoms with E-state index in [4.69, 9.17) is 0 Å². The van der Waals surface area contributed by atoms with Crippen molar-refractivity contribution in [2.45, 2.75) is 13.0 Å². The number of halogens is 1. The van der Waals surface area contributed by atoms with Crippen LogP contribution < -0.4 is 4.90 Å². The molecule has 0 spiro atoms. The largest absolute Gasteiger partial charge is 0.389 e. The molecule has 21 heavy (non-hydrogen) atoms. The third-order valence-electron chi connectivity index (χ3n) is 4.04. The molecular weight excluding hydrogens is 330 g/mol. The molecule has 1 N–H and O–H groups in total. The van der Waals surface area contributed by atoms with Crippen molar-refractivity contribution in [1.29, 1.82) is 0 Å². The maximum atomic E-state index is 9.69. The molecule has 5 heteroatoms. The smallest absolute Gasteiger partial charge is 0.0772 e. The number of aliphatic hydroxyl groups is 1. The van der Waals surface area contributed by atoms with E-state index >= 15 is 0 Å². The second kappa shape index (κ2) is 7.58. The maximum absolute atomic E-state index is 9.69. The Bertz CT molecular complexity index is 457. The second-order valence-corrected chi connectivity index (χ2v) is 6.87. The van der Waals surface area contributed by atoms with E-state index in [1.54, 1.807) is 6.92 Å². The molecule has 1 aromatic rings. The van der Waals surface area contributed by atoms with Crippen LogP contribution in [0, 0.1) is 0 Å². The van der Waals surface area contributed by atoms with Crippen LogP contribution in [0.15, 0.2) is 22.7 Å². The average Bonchev–Trinajstić information content (AvgIpc) is 2.45. The number of rotatable bonds is 5. The Morgan fingerprint density at radius 3 is 2.43 bits per heavy atom. The summed E-state index contributed by atoms with van der Waals surface area (Å²) in [6.07, 6.45) is -0.434. The lowest BCUT2D eigenvalue weighted by Gasteiger charge is -2.36. The van der Waals surface area contributed by atoms with Crippen molar-refractivity contribution in [3.8, 4) is 0 Å². The molecule has 1 atom stereocenters. The summed E-state index contributed by atoms with van der Waals surface area (Å²) in [5.41, 5.74) is 2.18. The highest BCUT2D eigenvalue weighted by molar-refractivity contribution is 9.10. The van der Waals surface area contributed by atoms with Crippen LogP contribution in [0.5, 0.6) is 0 Å². The summed E-state index contributed by atoms with van der Waals surface area (Å²) in [5, 5.41) is 9.69. The normalized spacial score (nSPS) is 18.3. The highest BCUT2D eigenvalue weighted by Gasteiger charge is 2.18. The molecular formula is C16H26BrN3O. The highest BCUT2D eigenvalue weighted by atomic mass is 79.9. The number of hydrogen-bond donors (Lipinski definition) is 1. The fourth-order valence-corrected chi connectivity index (χ4v) is 3.32. The number of nitrogens with zero attached hydrogens (tertiary/aromatic N) is 3. The summed E-state index contributed by atoms with van der Waals surface area (Å²) in [6, 6.07) is 6.25. The van der Waals surface area contributed by atoms with Gasteiger partial charge in [-0.1, -0.05) is 22.0 Å². The monoisotopic (exact) mass is 355 g/mol. The van der Waals surface area contributed by atoms with E-state index in [-0.39, 0.29) is 0 Å². The van der Waals surface area contributed by atoms with E-state index in [2.05, 4.69) is 56.9 Å². The Morgan fingerprint density at radius 1 is 1.24 bits per heavy atom. The first kappa shape index (κ1) is 16.7. The Hall–Kier alpha value is -0.620. The lowest BCUT2D eigenvalue weighted by Crippen LogP contribution is -2.48. The van der Waals surface area contributed by atoms with Crippen molar-refractivity contribution in [3.05, 3.63) is 28.2 Å². The zero-order chi connectivity index (χ0) is 15.4. The predicted octanol–water partition coefficient (Wildman–Crippen LogP) is 2.19. The summed E-state index contributed by atoms with van der Waals surface area (Å²) in [5.74, 6) is 0. The van der Waals surface area contributed by atoms with Gasteiger partial charge in [0.05, 0.1) is 6.10 Å². The van der Waals surface area contributed by atoms with Crippen molar-refractivity contribution in [3.63, 3.8) is 0 Å². The van der Waals surface area contributed by atoms with Crippen molar-refractivity contribution < 1.29 is 5.11 Å². The molecule has 1 fully saturated rings. The Labute approximate surface area is 136 Å². The van der Waals surface area contributed by atoms with Crippen LogP contribution in [0.3, 0.4) is 0 Å². The van der Waals surface area contributed by atoms with Gasteiger partial charge in [-0.25, -0.2) is 0 Å². The van der Waals surface area contributed by atoms with Gasteiger partial charge in [0.25, 0.3) is 0 Å². The Balaban J connectivity index is 1.91. The van der Waals surface area contributed by atoms with Crippen LogP contribution in [-0.4, -0.2) is 68.3 Å². The van der Waals surface area contributed by atoms with Crippen molar-refractivity contribution >= 4 is 21.6 Å². The van der Waals surface area contributed by atoms with Crippen LogP contribution >= 0.6 is 15.9 Å². The fourth-order valence-electron chi connectivity index (χ4n) is 2.62. The first-order valence-corrected chi connectivity index (χ1v) is 8.36. The van der Waals surface area contributed by atoms with Gasteiger partial charge in [-0.05, 0) is 38.7 Å². The first-order chi connectivity index (χ1) is 9.97. The van der Waals surface area contributed by atoms with Crippen LogP contribution in [0.25, 0.3) is 0 Å². The highest BCUT2D eigenvalue weighted by Crippen LogP contribution is 2.28. The molecule has 0 aromatic heterocycles. The number of piperazine rings is 1. The first-order valence-electron chi connectivity index (χ1n) is 7.57. The topological polar surface area (TPSA) is 30.0 Å². The second-order valence-electron chi connectivity index (χ2n) is 6.01. The van der Waals surface area contributed by atoms with Gasteiger partial charge >= 0.3 is 0 Å². The lowest BCUT2D eigenvalue weighted by atomic mass is 10.1. The molecule has 118 valence electrons. The van der Waals surface area contributed by atoms with Gasteiger partial charge in [-0.15, -0.1) is 0 Å². The molecule has 1 aliphatic rings. The Morgan fingerprint density at radius 2 is 1.90 bits per heavy atom. The van der Waals surface area contributed by atoms with Gasteiger partial charge in [-0.3, -0.25) is 4.90 Å². The molecule has 0 radical (unpaired) electrons. The molecule has 4 nitrogen and oxygen atoms in total. The number of aliphatic hydroxyl groups excluding tert-OH is 1. The number of benzene rings is 1. The van der Waals surface area contributed by atoms with Gasteiger partial charge < -0.3 is 14.9 Å². The van der Waals surface area contributed by atoms with E-state index < -0.39 is 6.10 Å². The van der Waals surface area contributed by atoms with Crippen LogP contribution in [0.1, 0.15) is 18.6 Å². The van der Waals surface area contributed by atoms with Crippen molar-refractivity contribution in [2.75, 3.05) is 58.3 Å². The minimum absolute atomic E-state index is 0.434. The summed E-state index contributed by atoms with van der Waals surface area (Å²) in [4.78, 5) is 7.18. The van der Waals surface area contributed by atoms with Gasteiger partial charge in [-0.2, -0.15) is 0 Å². The summed E-state index contributed by atoms with van der Waals surface area (Å²) < 4.78 is 0.991. The minimum Gasteiger partial charge on any atom is -0.389 e. The van der Waals surface area contributed by atoms with E-state index in [0.29, 0.717) is 0 Å². The van der Waals surface area contributed by atoms with E-state index in [0.717, 1.165) is 49.3 Å². The number of likely N-dealkylation sites (N-methyl/N-ethyl adjacent to an activating group) is 1. The molecule has 0 aliphatic carbocycles. The fraction of sp³-hybridized carbons (Fsp3) is 0.625. The quantitative estimate of drug-likeness (QED) is 0.876. The lowest BCUT2D eigenvalue weighted by molar-refractivity contribution is 0.198. The van der Waals surface area contributed by atoms with Gasteiger partial charge in [0.1, 0.15) is 0 Å². The number of hydrogen-bond acceptors (Lipinski definition) is 4. The summed E-state index contributed by atoms with van der Waals surface area (Å²) in [6.45, 7) is 8.42. The van der Waals surface area contributed by atoms with Crippen molar-refractivity contribution in [1.82, 2.24) is 9.80 Å². The third kappa shape index (κ3) is 4.68. The zero-order valence-corrected chi connectivity index (χ0v) is 14.8. The zero-order valence-electron chi connectivity index (χ0n) is 13.2. The molecule has 0 bridgehead atoms. The van der Waals surface area contributed by atoms with Crippen LogP contribution in [0.4, 0.5) is 5.69 Å².